The topological polar surface area (TPSA) is 84.2 Å². The number of nitrogens with one attached hydrogen (secondary N) is 2. The van der Waals surface area contributed by atoms with E-state index in [1.165, 1.54) is 11.8 Å². The molecule has 138 valence electrons. The van der Waals surface area contributed by atoms with Crippen LogP contribution in [0.3, 0.4) is 0 Å². The lowest BCUT2D eigenvalue weighted by Gasteiger charge is -2.10. The Morgan fingerprint density at radius 1 is 1.19 bits per heavy atom. The molecule has 0 unspecified atom stereocenters. The van der Waals surface area contributed by atoms with Crippen LogP contribution in [0.25, 0.3) is 10.9 Å². The van der Waals surface area contributed by atoms with Crippen molar-refractivity contribution in [2.45, 2.75) is 30.5 Å². The zero-order chi connectivity index (χ0) is 18.6. The molecule has 4 rings (SSSR count). The Kier molecular flexibility index (Phi) is 5.11. The second kappa shape index (κ2) is 7.84. The van der Waals surface area contributed by atoms with Crippen LogP contribution < -0.4 is 10.6 Å². The van der Waals surface area contributed by atoms with E-state index in [4.69, 9.17) is 4.42 Å². The zero-order valence-electron chi connectivity index (χ0n) is 14.6. The average Bonchev–Trinajstić information content (AvgIpc) is 3.34. The van der Waals surface area contributed by atoms with E-state index in [9.17, 15) is 9.59 Å². The van der Waals surface area contributed by atoms with Crippen LogP contribution in [-0.2, 0) is 11.3 Å². The lowest BCUT2D eigenvalue weighted by atomic mass is 10.1. The Balaban J connectivity index is 1.46. The number of rotatable bonds is 7. The van der Waals surface area contributed by atoms with E-state index in [1.807, 2.05) is 30.3 Å². The number of amides is 2. The number of nitrogens with zero attached hydrogens (tertiary/aromatic N) is 1. The molecular weight excluding hydrogens is 362 g/mol. The predicted octanol–water partition coefficient (Wildman–Crippen LogP) is 3.13. The first-order valence-corrected chi connectivity index (χ1v) is 9.80. The third-order valence-electron chi connectivity index (χ3n) is 4.24. The van der Waals surface area contributed by atoms with Crippen LogP contribution in [0.15, 0.2) is 58.2 Å². The third kappa shape index (κ3) is 4.49. The van der Waals surface area contributed by atoms with Crippen molar-refractivity contribution in [2.75, 3.05) is 5.75 Å². The summed E-state index contributed by atoms with van der Waals surface area (Å²) >= 11 is 1.31. The lowest BCUT2D eigenvalue weighted by Crippen LogP contribution is -2.26. The quantitative estimate of drug-likeness (QED) is 0.614. The predicted molar refractivity (Wildman–Crippen MR) is 104 cm³/mol. The molecule has 2 aromatic heterocycles. The molecule has 0 bridgehead atoms. The number of benzene rings is 1. The number of pyridine rings is 1. The molecule has 1 aromatic carbocycles. The summed E-state index contributed by atoms with van der Waals surface area (Å²) in [5.41, 5.74) is 1.35. The molecule has 2 heterocycles. The summed E-state index contributed by atoms with van der Waals surface area (Å²) < 4.78 is 5.20. The fourth-order valence-electron chi connectivity index (χ4n) is 2.69. The molecule has 0 saturated heterocycles. The van der Waals surface area contributed by atoms with E-state index in [0.717, 1.165) is 23.7 Å². The number of hydrogen-bond donors (Lipinski definition) is 2. The van der Waals surface area contributed by atoms with E-state index < -0.39 is 0 Å². The molecule has 3 aromatic rings. The lowest BCUT2D eigenvalue weighted by molar-refractivity contribution is -0.118. The molecule has 1 aliphatic carbocycles. The van der Waals surface area contributed by atoms with Crippen LogP contribution in [-0.4, -0.2) is 28.6 Å². The van der Waals surface area contributed by atoms with Gasteiger partial charge < -0.3 is 15.1 Å². The zero-order valence-corrected chi connectivity index (χ0v) is 15.4. The number of furan rings is 1. The molecule has 0 aliphatic heterocycles. The minimum Gasteiger partial charge on any atom is -0.467 e. The van der Waals surface area contributed by atoms with Gasteiger partial charge in [0.25, 0.3) is 5.91 Å². The van der Waals surface area contributed by atoms with Crippen LogP contribution in [0.1, 0.15) is 29.0 Å². The highest BCUT2D eigenvalue weighted by molar-refractivity contribution is 7.99. The maximum atomic E-state index is 12.6. The van der Waals surface area contributed by atoms with Crippen molar-refractivity contribution in [2.24, 2.45) is 0 Å². The Morgan fingerprint density at radius 2 is 2.04 bits per heavy atom. The number of carbonyl (C=O) groups excluding carboxylic acids is 2. The normalized spacial score (nSPS) is 13.5. The highest BCUT2D eigenvalue weighted by Gasteiger charge is 2.25. The van der Waals surface area contributed by atoms with Crippen molar-refractivity contribution in [3.63, 3.8) is 0 Å². The van der Waals surface area contributed by atoms with Gasteiger partial charge in [-0.3, -0.25) is 9.59 Å². The van der Waals surface area contributed by atoms with Crippen LogP contribution in [0.5, 0.6) is 0 Å². The van der Waals surface area contributed by atoms with E-state index in [0.29, 0.717) is 22.9 Å². The van der Waals surface area contributed by atoms with Crippen LogP contribution in [0.4, 0.5) is 0 Å². The Morgan fingerprint density at radius 3 is 2.81 bits per heavy atom. The van der Waals surface area contributed by atoms with Crippen molar-refractivity contribution in [1.29, 1.82) is 0 Å². The fraction of sp³-hybridized carbons (Fsp3) is 0.250. The van der Waals surface area contributed by atoms with Crippen molar-refractivity contribution in [3.8, 4) is 0 Å². The van der Waals surface area contributed by atoms with Gasteiger partial charge in [0, 0.05) is 11.4 Å². The van der Waals surface area contributed by atoms with Gasteiger partial charge in [0.2, 0.25) is 5.91 Å². The minimum absolute atomic E-state index is 0.0831. The molecule has 0 atom stereocenters. The largest absolute Gasteiger partial charge is 0.467 e. The molecular formula is C20H19N3O3S. The Labute approximate surface area is 160 Å². The molecule has 1 aliphatic rings. The van der Waals surface area contributed by atoms with Gasteiger partial charge in [0.1, 0.15) is 5.76 Å². The number of aromatic nitrogens is 1. The maximum Gasteiger partial charge on any atom is 0.252 e. The van der Waals surface area contributed by atoms with Gasteiger partial charge >= 0.3 is 0 Å². The summed E-state index contributed by atoms with van der Waals surface area (Å²) in [5.74, 6) is 0.724. The van der Waals surface area contributed by atoms with E-state index in [-0.39, 0.29) is 23.6 Å². The number of carbonyl (C=O) groups is 2. The van der Waals surface area contributed by atoms with Crippen LogP contribution >= 0.6 is 11.8 Å². The van der Waals surface area contributed by atoms with Gasteiger partial charge in [-0.1, -0.05) is 30.0 Å². The van der Waals surface area contributed by atoms with E-state index >= 15 is 0 Å². The van der Waals surface area contributed by atoms with E-state index in [2.05, 4.69) is 15.6 Å². The Bertz CT molecular complexity index is 968. The highest BCUT2D eigenvalue weighted by atomic mass is 32.2. The van der Waals surface area contributed by atoms with Gasteiger partial charge in [-0.25, -0.2) is 4.98 Å². The molecule has 1 fully saturated rings. The second-order valence-electron chi connectivity index (χ2n) is 6.42. The number of thioether (sulfide) groups is 1. The first kappa shape index (κ1) is 17.6. The SMILES string of the molecule is O=C(CSc1cc(C(=O)NC2CC2)c2ccccc2n1)NCc1ccco1. The van der Waals surface area contributed by atoms with Gasteiger partial charge in [0.15, 0.2) is 0 Å². The summed E-state index contributed by atoms with van der Waals surface area (Å²) in [6.07, 6.45) is 3.64. The summed E-state index contributed by atoms with van der Waals surface area (Å²) in [6.45, 7) is 0.354. The molecule has 7 heteroatoms. The van der Waals surface area contributed by atoms with Crippen molar-refractivity contribution in [1.82, 2.24) is 15.6 Å². The average molecular weight is 381 g/mol. The summed E-state index contributed by atoms with van der Waals surface area (Å²) in [6, 6.07) is 13.2. The van der Waals surface area contributed by atoms with Gasteiger partial charge in [0.05, 0.1) is 34.7 Å². The molecule has 2 N–H and O–H groups in total. The van der Waals surface area contributed by atoms with Crippen molar-refractivity contribution in [3.05, 3.63) is 60.1 Å². The highest BCUT2D eigenvalue weighted by Crippen LogP contribution is 2.26. The number of fused-ring (bicyclic) bond motifs is 1. The molecule has 6 nitrogen and oxygen atoms in total. The van der Waals surface area contributed by atoms with Gasteiger partial charge in [-0.15, -0.1) is 0 Å². The first-order valence-electron chi connectivity index (χ1n) is 8.81. The molecule has 1 saturated carbocycles. The minimum atomic E-state index is -0.115. The molecule has 2 amide bonds. The molecule has 0 radical (unpaired) electrons. The summed E-state index contributed by atoms with van der Waals surface area (Å²) in [4.78, 5) is 29.2. The second-order valence-corrected chi connectivity index (χ2v) is 7.41. The summed E-state index contributed by atoms with van der Waals surface area (Å²) in [5, 5.41) is 7.31. The van der Waals surface area contributed by atoms with Gasteiger partial charge in [-0.05, 0) is 37.1 Å². The smallest absolute Gasteiger partial charge is 0.252 e. The Hall–Kier alpha value is -2.80. The van der Waals surface area contributed by atoms with Crippen molar-refractivity contribution >= 4 is 34.5 Å². The van der Waals surface area contributed by atoms with Crippen LogP contribution in [0.2, 0.25) is 0 Å². The standard InChI is InChI=1S/C20H19N3O3S/c24-18(21-11-14-4-3-9-26-14)12-27-19-10-16(20(25)22-13-7-8-13)15-5-1-2-6-17(15)23-19/h1-6,9-10,13H,7-8,11-12H2,(H,21,24)(H,22,25). The van der Waals surface area contributed by atoms with Crippen LogP contribution in [0, 0.1) is 0 Å². The van der Waals surface area contributed by atoms with Crippen molar-refractivity contribution < 1.29 is 14.0 Å². The monoisotopic (exact) mass is 381 g/mol. The third-order valence-corrected chi connectivity index (χ3v) is 5.15. The first-order chi connectivity index (χ1) is 13.2. The maximum absolute atomic E-state index is 12.6. The fourth-order valence-corrected chi connectivity index (χ4v) is 3.44. The molecule has 0 spiro atoms. The number of para-hydroxylation sites is 1. The molecule has 27 heavy (non-hydrogen) atoms. The summed E-state index contributed by atoms with van der Waals surface area (Å²) in [7, 11) is 0. The van der Waals surface area contributed by atoms with E-state index in [1.54, 1.807) is 18.4 Å². The number of hydrogen-bond acceptors (Lipinski definition) is 5. The van der Waals surface area contributed by atoms with Gasteiger partial charge in [-0.2, -0.15) is 0 Å².